The summed E-state index contributed by atoms with van der Waals surface area (Å²) in [5.74, 6) is 0.302. The van der Waals surface area contributed by atoms with Gasteiger partial charge in [-0.15, -0.1) is 0 Å². The number of nitrogens with one attached hydrogen (secondary N) is 1. The fraction of sp³-hybridized carbons (Fsp3) is 0.917. The molecule has 0 radical (unpaired) electrons. The third kappa shape index (κ3) is 7.99. The van der Waals surface area contributed by atoms with Crippen LogP contribution in [-0.2, 0) is 4.74 Å². The summed E-state index contributed by atoms with van der Waals surface area (Å²) in [4.78, 5) is 11.5. The zero-order chi connectivity index (χ0) is 13.6. The lowest BCUT2D eigenvalue weighted by molar-refractivity contribution is 0.0286. The molecule has 102 valence electrons. The lowest BCUT2D eigenvalue weighted by atomic mass is 10.00. The maximum absolute atomic E-state index is 11.5. The zero-order valence-corrected chi connectivity index (χ0v) is 11.4. The standard InChI is InChI=1S/C12H25NO4/c1-8(2)6-9(10(15)7-14)13-11(16)17-12(3,4)5/h8-10,14-15H,6-7H2,1-5H3,(H,13,16). The van der Waals surface area contributed by atoms with Crippen LogP contribution in [0.1, 0.15) is 41.0 Å². The number of carbonyl (C=O) groups excluding carboxylic acids is 1. The van der Waals surface area contributed by atoms with Gasteiger partial charge in [-0.05, 0) is 33.1 Å². The van der Waals surface area contributed by atoms with E-state index in [1.807, 2.05) is 13.8 Å². The highest BCUT2D eigenvalue weighted by molar-refractivity contribution is 5.68. The summed E-state index contributed by atoms with van der Waals surface area (Å²) in [6, 6.07) is -0.491. The largest absolute Gasteiger partial charge is 0.444 e. The van der Waals surface area contributed by atoms with Gasteiger partial charge in [-0.3, -0.25) is 0 Å². The average Bonchev–Trinajstić information content (AvgIpc) is 2.11. The van der Waals surface area contributed by atoms with Crippen molar-refractivity contribution in [1.29, 1.82) is 0 Å². The molecule has 3 N–H and O–H groups in total. The summed E-state index contributed by atoms with van der Waals surface area (Å²) in [6.07, 6.45) is -0.957. The van der Waals surface area contributed by atoms with Crippen LogP contribution >= 0.6 is 0 Å². The second-order valence-corrected chi connectivity index (χ2v) is 5.63. The van der Waals surface area contributed by atoms with Crippen molar-refractivity contribution in [1.82, 2.24) is 5.32 Å². The van der Waals surface area contributed by atoms with Gasteiger partial charge in [0.2, 0.25) is 0 Å². The predicted octanol–water partition coefficient (Wildman–Crippen LogP) is 1.28. The first-order valence-corrected chi connectivity index (χ1v) is 5.94. The van der Waals surface area contributed by atoms with E-state index in [1.165, 1.54) is 0 Å². The molecule has 0 bridgehead atoms. The molecule has 5 nitrogen and oxygen atoms in total. The summed E-state index contributed by atoms with van der Waals surface area (Å²) < 4.78 is 5.10. The number of hydrogen-bond donors (Lipinski definition) is 3. The minimum absolute atomic E-state index is 0.302. The second-order valence-electron chi connectivity index (χ2n) is 5.63. The molecule has 5 heteroatoms. The molecule has 0 aromatic carbocycles. The Labute approximate surface area is 103 Å². The van der Waals surface area contributed by atoms with Gasteiger partial charge >= 0.3 is 6.09 Å². The first-order valence-electron chi connectivity index (χ1n) is 5.94. The van der Waals surface area contributed by atoms with Crippen molar-refractivity contribution in [3.63, 3.8) is 0 Å². The number of rotatable bonds is 5. The van der Waals surface area contributed by atoms with Crippen LogP contribution in [0.15, 0.2) is 0 Å². The van der Waals surface area contributed by atoms with E-state index in [0.717, 1.165) is 0 Å². The van der Waals surface area contributed by atoms with Crippen LogP contribution in [-0.4, -0.2) is 40.7 Å². The average molecular weight is 247 g/mol. The number of carbonyl (C=O) groups is 1. The van der Waals surface area contributed by atoms with Crippen molar-refractivity contribution in [3.05, 3.63) is 0 Å². The van der Waals surface area contributed by atoms with Crippen molar-refractivity contribution in [2.45, 2.75) is 58.8 Å². The zero-order valence-electron chi connectivity index (χ0n) is 11.4. The Balaban J connectivity index is 4.37. The van der Waals surface area contributed by atoms with Crippen LogP contribution in [0.25, 0.3) is 0 Å². The van der Waals surface area contributed by atoms with Gasteiger partial charge in [-0.25, -0.2) is 4.79 Å². The molecule has 1 amide bonds. The Morgan fingerprint density at radius 3 is 2.24 bits per heavy atom. The molecule has 0 fully saturated rings. The van der Waals surface area contributed by atoms with Crippen LogP contribution in [0.2, 0.25) is 0 Å². The third-order valence-electron chi connectivity index (χ3n) is 2.08. The van der Waals surface area contributed by atoms with E-state index >= 15 is 0 Å². The molecule has 0 saturated heterocycles. The second kappa shape index (κ2) is 6.81. The molecular weight excluding hydrogens is 222 g/mol. The van der Waals surface area contributed by atoms with Gasteiger partial charge in [0.1, 0.15) is 5.60 Å². The third-order valence-corrected chi connectivity index (χ3v) is 2.08. The molecule has 0 rings (SSSR count). The SMILES string of the molecule is CC(C)CC(NC(=O)OC(C)(C)C)C(O)CO. The van der Waals surface area contributed by atoms with Crippen molar-refractivity contribution in [2.75, 3.05) is 6.61 Å². The van der Waals surface area contributed by atoms with Crippen LogP contribution in [0.5, 0.6) is 0 Å². The molecule has 0 aliphatic heterocycles. The van der Waals surface area contributed by atoms with E-state index in [1.54, 1.807) is 20.8 Å². The van der Waals surface area contributed by atoms with Crippen LogP contribution < -0.4 is 5.32 Å². The number of amides is 1. The Morgan fingerprint density at radius 1 is 1.35 bits per heavy atom. The molecule has 0 spiro atoms. The lowest BCUT2D eigenvalue weighted by Gasteiger charge is -2.26. The van der Waals surface area contributed by atoms with E-state index < -0.39 is 23.8 Å². The van der Waals surface area contributed by atoms with Crippen molar-refractivity contribution in [2.24, 2.45) is 5.92 Å². The number of ether oxygens (including phenoxy) is 1. The Hall–Kier alpha value is -0.810. The smallest absolute Gasteiger partial charge is 0.407 e. The normalized spacial score (nSPS) is 15.5. The highest BCUT2D eigenvalue weighted by Gasteiger charge is 2.24. The first-order chi connectivity index (χ1) is 7.65. The van der Waals surface area contributed by atoms with Gasteiger partial charge < -0.3 is 20.3 Å². The summed E-state index contributed by atoms with van der Waals surface area (Å²) >= 11 is 0. The van der Waals surface area contributed by atoms with Crippen molar-refractivity contribution in [3.8, 4) is 0 Å². The Kier molecular flexibility index (Phi) is 6.49. The minimum Gasteiger partial charge on any atom is -0.444 e. The molecule has 17 heavy (non-hydrogen) atoms. The van der Waals surface area contributed by atoms with E-state index in [-0.39, 0.29) is 6.61 Å². The highest BCUT2D eigenvalue weighted by Crippen LogP contribution is 2.11. The highest BCUT2D eigenvalue weighted by atomic mass is 16.6. The lowest BCUT2D eigenvalue weighted by Crippen LogP contribution is -2.47. The van der Waals surface area contributed by atoms with Gasteiger partial charge in [0, 0.05) is 0 Å². The summed E-state index contributed by atoms with van der Waals surface area (Å²) in [5, 5.41) is 21.1. The molecule has 0 heterocycles. The first kappa shape index (κ1) is 16.2. The monoisotopic (exact) mass is 247 g/mol. The van der Waals surface area contributed by atoms with Gasteiger partial charge in [-0.1, -0.05) is 13.8 Å². The molecule has 0 aromatic rings. The molecule has 0 aliphatic carbocycles. The predicted molar refractivity (Wildman–Crippen MR) is 65.7 cm³/mol. The number of aliphatic hydroxyl groups excluding tert-OH is 2. The van der Waals surface area contributed by atoms with Crippen LogP contribution in [0.3, 0.4) is 0 Å². The molecule has 2 unspecified atom stereocenters. The summed E-state index contributed by atoms with van der Waals surface area (Å²) in [6.45, 7) is 8.89. The van der Waals surface area contributed by atoms with Crippen LogP contribution in [0, 0.1) is 5.92 Å². The molecular formula is C12H25NO4. The number of aliphatic hydroxyl groups is 2. The fourth-order valence-electron chi connectivity index (χ4n) is 1.41. The van der Waals surface area contributed by atoms with Gasteiger partial charge in [0.15, 0.2) is 0 Å². The maximum Gasteiger partial charge on any atom is 0.407 e. The molecule has 0 aromatic heterocycles. The summed E-state index contributed by atoms with van der Waals surface area (Å²) in [5.41, 5.74) is -0.573. The molecule has 0 saturated carbocycles. The topological polar surface area (TPSA) is 78.8 Å². The van der Waals surface area contributed by atoms with Crippen molar-refractivity contribution >= 4 is 6.09 Å². The van der Waals surface area contributed by atoms with Gasteiger partial charge in [0.05, 0.1) is 18.8 Å². The fourth-order valence-corrected chi connectivity index (χ4v) is 1.41. The molecule has 2 atom stereocenters. The number of alkyl carbamates (subject to hydrolysis) is 1. The van der Waals surface area contributed by atoms with Crippen LogP contribution in [0.4, 0.5) is 4.79 Å². The van der Waals surface area contributed by atoms with Gasteiger partial charge in [0.25, 0.3) is 0 Å². The van der Waals surface area contributed by atoms with E-state index in [9.17, 15) is 9.90 Å². The van der Waals surface area contributed by atoms with E-state index in [2.05, 4.69) is 5.32 Å². The van der Waals surface area contributed by atoms with E-state index in [4.69, 9.17) is 9.84 Å². The minimum atomic E-state index is -0.968. The summed E-state index contributed by atoms with van der Waals surface area (Å²) in [7, 11) is 0. The number of hydrogen-bond acceptors (Lipinski definition) is 4. The van der Waals surface area contributed by atoms with Gasteiger partial charge in [-0.2, -0.15) is 0 Å². The maximum atomic E-state index is 11.5. The quantitative estimate of drug-likeness (QED) is 0.684. The Morgan fingerprint density at radius 2 is 1.88 bits per heavy atom. The molecule has 0 aliphatic rings. The van der Waals surface area contributed by atoms with E-state index in [0.29, 0.717) is 12.3 Å². The van der Waals surface area contributed by atoms with Crippen molar-refractivity contribution < 1.29 is 19.7 Å². The Bertz CT molecular complexity index is 235.